The van der Waals surface area contributed by atoms with Gasteiger partial charge >= 0.3 is 0 Å². The van der Waals surface area contributed by atoms with Gasteiger partial charge in [-0.1, -0.05) is 35.9 Å². The van der Waals surface area contributed by atoms with Crippen LogP contribution >= 0.6 is 22.9 Å². The Labute approximate surface area is 166 Å². The lowest BCUT2D eigenvalue weighted by Gasteiger charge is -2.23. The number of nitrogens with one attached hydrogen (secondary N) is 1. The minimum absolute atomic E-state index is 0.0160. The Morgan fingerprint density at radius 3 is 2.85 bits per heavy atom. The number of carbonyl (C=O) groups is 1. The number of hydrogen-bond donors (Lipinski definition) is 1. The number of benzene rings is 2. The zero-order valence-corrected chi connectivity index (χ0v) is 16.3. The maximum absolute atomic E-state index is 12.1. The van der Waals surface area contributed by atoms with Crippen molar-refractivity contribution in [1.82, 2.24) is 0 Å². The molecular formula is C21H18ClNO3S. The highest BCUT2D eigenvalue weighted by atomic mass is 35.5. The van der Waals surface area contributed by atoms with Crippen molar-refractivity contribution in [2.24, 2.45) is 0 Å². The van der Waals surface area contributed by atoms with Gasteiger partial charge < -0.3 is 14.8 Å². The molecule has 0 saturated carbocycles. The first-order valence-corrected chi connectivity index (χ1v) is 9.83. The number of thiophene rings is 1. The lowest BCUT2D eigenvalue weighted by Crippen LogP contribution is -2.22. The summed E-state index contributed by atoms with van der Waals surface area (Å²) in [4.78, 5) is 13.3. The van der Waals surface area contributed by atoms with E-state index in [1.807, 2.05) is 53.9 Å². The first-order valence-electron chi connectivity index (χ1n) is 8.57. The second-order valence-corrected chi connectivity index (χ2v) is 7.65. The molecule has 1 aromatic heterocycles. The van der Waals surface area contributed by atoms with Crippen LogP contribution in [-0.2, 0) is 11.4 Å². The van der Waals surface area contributed by atoms with E-state index in [9.17, 15) is 4.79 Å². The molecule has 0 saturated heterocycles. The summed E-state index contributed by atoms with van der Waals surface area (Å²) in [5.74, 6) is 1.33. The van der Waals surface area contributed by atoms with Crippen molar-refractivity contribution < 1.29 is 14.3 Å². The van der Waals surface area contributed by atoms with E-state index >= 15 is 0 Å². The smallest absolute Gasteiger partial charge is 0.225 e. The first kappa shape index (κ1) is 17.9. The number of hydrogen-bond acceptors (Lipinski definition) is 4. The van der Waals surface area contributed by atoms with Gasteiger partial charge in [0.15, 0.2) is 11.5 Å². The van der Waals surface area contributed by atoms with E-state index in [1.165, 1.54) is 0 Å². The lowest BCUT2D eigenvalue weighted by molar-refractivity contribution is -0.116. The van der Waals surface area contributed by atoms with Crippen molar-refractivity contribution in [3.63, 3.8) is 0 Å². The summed E-state index contributed by atoms with van der Waals surface area (Å²) < 4.78 is 11.5. The molecule has 138 valence electrons. The van der Waals surface area contributed by atoms with Crippen LogP contribution in [0.15, 0.2) is 53.9 Å². The average Bonchev–Trinajstić information content (AvgIpc) is 3.15. The first-order chi connectivity index (χ1) is 13.2. The highest BCUT2D eigenvalue weighted by Gasteiger charge is 2.28. The van der Waals surface area contributed by atoms with Gasteiger partial charge in [-0.3, -0.25) is 4.79 Å². The third-order valence-electron chi connectivity index (χ3n) is 4.61. The molecule has 1 amide bonds. The standard InChI is InChI=1S/C21H18ClNO3S/c1-25-18-7-6-13(15-11-20(24)23-17-8-9-27-21(15)17)10-19(18)26-12-14-4-2-3-5-16(14)22/h2-10,15H,11-12H2,1H3,(H,23,24). The summed E-state index contributed by atoms with van der Waals surface area (Å²) in [5, 5.41) is 5.60. The van der Waals surface area contributed by atoms with Crippen molar-refractivity contribution in [3.8, 4) is 11.5 Å². The number of halogens is 1. The van der Waals surface area contributed by atoms with Gasteiger partial charge in [-0.25, -0.2) is 0 Å². The van der Waals surface area contributed by atoms with Crippen LogP contribution < -0.4 is 14.8 Å². The molecule has 4 rings (SSSR count). The molecule has 0 spiro atoms. The predicted molar refractivity (Wildman–Crippen MR) is 108 cm³/mol. The van der Waals surface area contributed by atoms with Crippen LogP contribution in [0.25, 0.3) is 0 Å². The molecule has 2 aromatic carbocycles. The Balaban J connectivity index is 1.64. The minimum Gasteiger partial charge on any atom is -0.493 e. The van der Waals surface area contributed by atoms with E-state index in [1.54, 1.807) is 18.4 Å². The van der Waals surface area contributed by atoms with Crippen LogP contribution in [0.1, 0.15) is 28.3 Å². The topological polar surface area (TPSA) is 47.6 Å². The van der Waals surface area contributed by atoms with Crippen molar-refractivity contribution in [3.05, 3.63) is 74.9 Å². The fourth-order valence-corrected chi connectivity index (χ4v) is 4.41. The predicted octanol–water partition coefficient (Wildman–Crippen LogP) is 5.46. The average molecular weight is 400 g/mol. The number of carbonyl (C=O) groups excluding carboxylic acids is 1. The highest BCUT2D eigenvalue weighted by Crippen LogP contribution is 2.42. The van der Waals surface area contributed by atoms with Crippen molar-refractivity contribution in [2.75, 3.05) is 12.4 Å². The molecule has 3 aromatic rings. The van der Waals surface area contributed by atoms with E-state index in [0.29, 0.717) is 29.5 Å². The SMILES string of the molecule is COc1ccc(C2CC(=O)Nc3ccsc32)cc1OCc1ccccc1Cl. The largest absolute Gasteiger partial charge is 0.493 e. The molecule has 0 bridgehead atoms. The second kappa shape index (κ2) is 7.62. The quantitative estimate of drug-likeness (QED) is 0.619. The molecule has 0 radical (unpaired) electrons. The summed E-state index contributed by atoms with van der Waals surface area (Å²) in [6.07, 6.45) is 0.420. The summed E-state index contributed by atoms with van der Waals surface area (Å²) in [6, 6.07) is 15.4. The Hall–Kier alpha value is -2.50. The van der Waals surface area contributed by atoms with Crippen LogP contribution in [0, 0.1) is 0 Å². The van der Waals surface area contributed by atoms with E-state index < -0.39 is 0 Å². The van der Waals surface area contributed by atoms with Gasteiger partial charge in [0, 0.05) is 27.8 Å². The minimum atomic E-state index is 0.0160. The van der Waals surface area contributed by atoms with E-state index in [2.05, 4.69) is 5.32 Å². The van der Waals surface area contributed by atoms with Crippen molar-refractivity contribution >= 4 is 34.5 Å². The fourth-order valence-electron chi connectivity index (χ4n) is 3.24. The summed E-state index contributed by atoms with van der Waals surface area (Å²) in [6.45, 7) is 0.342. The Morgan fingerprint density at radius 2 is 2.04 bits per heavy atom. The number of rotatable bonds is 5. The third-order valence-corrected chi connectivity index (χ3v) is 6.01. The molecule has 6 heteroatoms. The number of methoxy groups -OCH3 is 1. The van der Waals surface area contributed by atoms with Crippen LogP contribution in [0.5, 0.6) is 11.5 Å². The van der Waals surface area contributed by atoms with Gasteiger partial charge in [0.25, 0.3) is 0 Å². The highest BCUT2D eigenvalue weighted by molar-refractivity contribution is 7.10. The monoisotopic (exact) mass is 399 g/mol. The van der Waals surface area contributed by atoms with Crippen LogP contribution in [-0.4, -0.2) is 13.0 Å². The van der Waals surface area contributed by atoms with Crippen molar-refractivity contribution in [2.45, 2.75) is 18.9 Å². The Bertz CT molecular complexity index is 985. The molecule has 0 fully saturated rings. The fraction of sp³-hybridized carbons (Fsp3) is 0.190. The molecule has 1 atom stereocenters. The number of amides is 1. The van der Waals surface area contributed by atoms with Gasteiger partial charge in [-0.05, 0) is 35.2 Å². The lowest BCUT2D eigenvalue weighted by atomic mass is 9.90. The normalized spacial score (nSPS) is 15.8. The zero-order chi connectivity index (χ0) is 18.8. The number of ether oxygens (including phenoxy) is 2. The number of fused-ring (bicyclic) bond motifs is 1. The van der Waals surface area contributed by atoms with Gasteiger partial charge in [-0.15, -0.1) is 11.3 Å². The zero-order valence-electron chi connectivity index (χ0n) is 14.7. The van der Waals surface area contributed by atoms with E-state index in [4.69, 9.17) is 21.1 Å². The van der Waals surface area contributed by atoms with Crippen LogP contribution in [0.2, 0.25) is 5.02 Å². The maximum atomic E-state index is 12.1. The summed E-state index contributed by atoms with van der Waals surface area (Å²) in [7, 11) is 1.61. The van der Waals surface area contributed by atoms with Gasteiger partial charge in [0.1, 0.15) is 6.61 Å². The molecular weight excluding hydrogens is 382 g/mol. The van der Waals surface area contributed by atoms with Gasteiger partial charge in [0.2, 0.25) is 5.91 Å². The van der Waals surface area contributed by atoms with Crippen molar-refractivity contribution in [1.29, 1.82) is 0 Å². The summed E-state index contributed by atoms with van der Waals surface area (Å²) >= 11 is 7.88. The Morgan fingerprint density at radius 1 is 1.19 bits per heavy atom. The molecule has 2 heterocycles. The molecule has 1 N–H and O–H groups in total. The van der Waals surface area contributed by atoms with E-state index in [0.717, 1.165) is 21.7 Å². The molecule has 1 aliphatic rings. The molecule has 0 aliphatic carbocycles. The molecule has 1 unspecified atom stereocenters. The molecule has 4 nitrogen and oxygen atoms in total. The number of anilines is 1. The third kappa shape index (κ3) is 3.66. The van der Waals surface area contributed by atoms with E-state index in [-0.39, 0.29) is 11.8 Å². The van der Waals surface area contributed by atoms with Gasteiger partial charge in [-0.2, -0.15) is 0 Å². The van der Waals surface area contributed by atoms with Crippen LogP contribution in [0.3, 0.4) is 0 Å². The Kier molecular flexibility index (Phi) is 5.05. The molecule has 1 aliphatic heterocycles. The van der Waals surface area contributed by atoms with Crippen LogP contribution in [0.4, 0.5) is 5.69 Å². The van der Waals surface area contributed by atoms with Gasteiger partial charge in [0.05, 0.1) is 12.8 Å². The summed E-state index contributed by atoms with van der Waals surface area (Å²) in [5.41, 5.74) is 2.84. The second-order valence-electron chi connectivity index (χ2n) is 6.29. The molecule has 27 heavy (non-hydrogen) atoms. The maximum Gasteiger partial charge on any atom is 0.225 e.